The third kappa shape index (κ3) is 4.84. The highest BCUT2D eigenvalue weighted by Gasteiger charge is 2.32. The third-order valence-electron chi connectivity index (χ3n) is 4.98. The summed E-state index contributed by atoms with van der Waals surface area (Å²) in [5.74, 6) is -1.18. The van der Waals surface area contributed by atoms with Gasteiger partial charge >= 0.3 is 5.97 Å². The Morgan fingerprint density at radius 2 is 1.96 bits per heavy atom. The number of carbonyl (C=O) groups excluding carboxylic acids is 3. The van der Waals surface area contributed by atoms with Crippen LogP contribution in [0.1, 0.15) is 44.7 Å². The standard InChI is InChI=1S/C20H28N2O4/c1-4-17(23)22-12-8-11-16(13-22)19(24)21-18(14(2)20(25)26-3)15-9-6-5-7-10-15/h5-7,9-10,14,16,18H,4,8,11-13H2,1-3H3,(H,21,24)/t14-,16-,18-/m0/s1. The number of nitrogens with one attached hydrogen (secondary N) is 1. The van der Waals surface area contributed by atoms with Crippen molar-refractivity contribution in [3.05, 3.63) is 35.9 Å². The smallest absolute Gasteiger partial charge is 0.310 e. The van der Waals surface area contributed by atoms with Gasteiger partial charge in [-0.3, -0.25) is 14.4 Å². The molecular weight excluding hydrogens is 332 g/mol. The van der Waals surface area contributed by atoms with Crippen LogP contribution in [0, 0.1) is 11.8 Å². The van der Waals surface area contributed by atoms with E-state index in [1.54, 1.807) is 11.8 Å². The topological polar surface area (TPSA) is 75.7 Å². The molecule has 1 aliphatic rings. The van der Waals surface area contributed by atoms with Crippen molar-refractivity contribution in [2.24, 2.45) is 11.8 Å². The second-order valence-corrected chi connectivity index (χ2v) is 6.74. The SMILES string of the molecule is CCC(=O)N1CCC[C@H](C(=O)N[C@H](c2ccccc2)[C@H](C)C(=O)OC)C1. The van der Waals surface area contributed by atoms with Gasteiger partial charge in [-0.05, 0) is 25.3 Å². The van der Waals surface area contributed by atoms with E-state index in [-0.39, 0.29) is 23.7 Å². The van der Waals surface area contributed by atoms with Crippen molar-refractivity contribution >= 4 is 17.8 Å². The van der Waals surface area contributed by atoms with Crippen LogP contribution < -0.4 is 5.32 Å². The highest BCUT2D eigenvalue weighted by atomic mass is 16.5. The highest BCUT2D eigenvalue weighted by Crippen LogP contribution is 2.25. The Balaban J connectivity index is 2.13. The van der Waals surface area contributed by atoms with Crippen molar-refractivity contribution in [3.8, 4) is 0 Å². The first-order chi connectivity index (χ1) is 12.5. The number of nitrogens with zero attached hydrogens (tertiary/aromatic N) is 1. The lowest BCUT2D eigenvalue weighted by Gasteiger charge is -2.33. The fourth-order valence-corrected chi connectivity index (χ4v) is 3.39. The molecule has 1 saturated heterocycles. The molecule has 1 aromatic rings. The molecule has 142 valence electrons. The van der Waals surface area contributed by atoms with Gasteiger partial charge in [0, 0.05) is 19.5 Å². The van der Waals surface area contributed by atoms with Gasteiger partial charge in [-0.15, -0.1) is 0 Å². The van der Waals surface area contributed by atoms with E-state index in [2.05, 4.69) is 5.32 Å². The van der Waals surface area contributed by atoms with Crippen LogP contribution in [0.3, 0.4) is 0 Å². The van der Waals surface area contributed by atoms with Crippen LogP contribution in [0.25, 0.3) is 0 Å². The molecule has 1 aromatic carbocycles. The van der Waals surface area contributed by atoms with Gasteiger partial charge in [0.25, 0.3) is 0 Å². The van der Waals surface area contributed by atoms with E-state index < -0.39 is 12.0 Å². The fraction of sp³-hybridized carbons (Fsp3) is 0.550. The number of rotatable bonds is 6. The number of amides is 2. The molecule has 1 fully saturated rings. The Labute approximate surface area is 154 Å². The average Bonchev–Trinajstić information content (AvgIpc) is 2.70. The molecule has 2 amide bonds. The molecule has 1 aliphatic heterocycles. The van der Waals surface area contributed by atoms with Gasteiger partial charge in [0.05, 0.1) is 25.0 Å². The van der Waals surface area contributed by atoms with Crippen LogP contribution in [0.2, 0.25) is 0 Å². The molecule has 1 heterocycles. The molecule has 0 aliphatic carbocycles. The molecule has 0 bridgehead atoms. The lowest BCUT2D eigenvalue weighted by atomic mass is 9.92. The van der Waals surface area contributed by atoms with Crippen LogP contribution in [-0.4, -0.2) is 42.9 Å². The lowest BCUT2D eigenvalue weighted by Crippen LogP contribution is -2.47. The minimum absolute atomic E-state index is 0.0741. The van der Waals surface area contributed by atoms with Crippen LogP contribution in [0.4, 0.5) is 0 Å². The van der Waals surface area contributed by atoms with E-state index in [4.69, 9.17) is 4.74 Å². The Kier molecular flexibility index (Phi) is 7.18. The Morgan fingerprint density at radius 3 is 2.58 bits per heavy atom. The quantitative estimate of drug-likeness (QED) is 0.790. The first-order valence-corrected chi connectivity index (χ1v) is 9.18. The summed E-state index contributed by atoms with van der Waals surface area (Å²) in [5.41, 5.74) is 0.857. The van der Waals surface area contributed by atoms with Gasteiger partial charge in [0.1, 0.15) is 0 Å². The number of benzene rings is 1. The fourth-order valence-electron chi connectivity index (χ4n) is 3.39. The maximum absolute atomic E-state index is 12.9. The van der Waals surface area contributed by atoms with Gasteiger partial charge in [-0.1, -0.05) is 37.3 Å². The first kappa shape index (κ1) is 19.9. The number of ether oxygens (including phenoxy) is 1. The van der Waals surface area contributed by atoms with E-state index >= 15 is 0 Å². The van der Waals surface area contributed by atoms with E-state index in [9.17, 15) is 14.4 Å². The first-order valence-electron chi connectivity index (χ1n) is 9.18. The zero-order valence-corrected chi connectivity index (χ0v) is 15.7. The Hall–Kier alpha value is -2.37. The number of esters is 1. The Morgan fingerprint density at radius 1 is 1.27 bits per heavy atom. The summed E-state index contributed by atoms with van der Waals surface area (Å²) in [4.78, 5) is 38.6. The summed E-state index contributed by atoms with van der Waals surface area (Å²) in [6.07, 6.45) is 2.00. The normalized spacial score (nSPS) is 19.3. The number of hydrogen-bond acceptors (Lipinski definition) is 4. The van der Waals surface area contributed by atoms with Gasteiger partial charge in [-0.2, -0.15) is 0 Å². The lowest BCUT2D eigenvalue weighted by molar-refractivity contribution is -0.146. The molecule has 26 heavy (non-hydrogen) atoms. The summed E-state index contributed by atoms with van der Waals surface area (Å²) >= 11 is 0. The summed E-state index contributed by atoms with van der Waals surface area (Å²) < 4.78 is 4.86. The van der Waals surface area contributed by atoms with Crippen molar-refractivity contribution in [1.29, 1.82) is 0 Å². The molecule has 3 atom stereocenters. The summed E-state index contributed by atoms with van der Waals surface area (Å²) in [6, 6.07) is 8.95. The molecule has 6 nitrogen and oxygen atoms in total. The van der Waals surface area contributed by atoms with Crippen LogP contribution >= 0.6 is 0 Å². The van der Waals surface area contributed by atoms with Crippen LogP contribution in [0.5, 0.6) is 0 Å². The van der Waals surface area contributed by atoms with Gasteiger partial charge in [-0.25, -0.2) is 0 Å². The molecule has 2 rings (SSSR count). The van der Waals surface area contributed by atoms with Gasteiger partial charge < -0.3 is 15.0 Å². The minimum Gasteiger partial charge on any atom is -0.469 e. The molecular formula is C20H28N2O4. The zero-order valence-electron chi connectivity index (χ0n) is 15.7. The summed E-state index contributed by atoms with van der Waals surface area (Å²) in [5, 5.41) is 3.02. The number of piperidine rings is 1. The van der Waals surface area contributed by atoms with Crippen molar-refractivity contribution in [3.63, 3.8) is 0 Å². The van der Waals surface area contributed by atoms with Crippen LogP contribution in [-0.2, 0) is 19.1 Å². The Bertz CT molecular complexity index is 632. The molecule has 0 spiro atoms. The molecule has 0 radical (unpaired) electrons. The zero-order chi connectivity index (χ0) is 19.1. The number of likely N-dealkylation sites (tertiary alicyclic amines) is 1. The number of hydrogen-bond donors (Lipinski definition) is 1. The minimum atomic E-state index is -0.511. The molecule has 0 unspecified atom stereocenters. The van der Waals surface area contributed by atoms with Gasteiger partial charge in [0.15, 0.2) is 0 Å². The van der Waals surface area contributed by atoms with Crippen molar-refractivity contribution < 1.29 is 19.1 Å². The van der Waals surface area contributed by atoms with E-state index in [0.29, 0.717) is 19.5 Å². The van der Waals surface area contributed by atoms with Crippen molar-refractivity contribution in [2.45, 2.75) is 39.2 Å². The predicted octanol–water partition coefficient (Wildman–Crippen LogP) is 2.30. The van der Waals surface area contributed by atoms with Gasteiger partial charge in [0.2, 0.25) is 11.8 Å². The maximum Gasteiger partial charge on any atom is 0.310 e. The second-order valence-electron chi connectivity index (χ2n) is 6.74. The van der Waals surface area contributed by atoms with E-state index in [1.807, 2.05) is 37.3 Å². The largest absolute Gasteiger partial charge is 0.469 e. The van der Waals surface area contributed by atoms with E-state index in [1.165, 1.54) is 7.11 Å². The monoisotopic (exact) mass is 360 g/mol. The van der Waals surface area contributed by atoms with Crippen LogP contribution in [0.15, 0.2) is 30.3 Å². The number of methoxy groups -OCH3 is 1. The molecule has 1 N–H and O–H groups in total. The second kappa shape index (κ2) is 9.36. The number of carbonyl (C=O) groups is 3. The molecule has 6 heteroatoms. The third-order valence-corrected chi connectivity index (χ3v) is 4.98. The van der Waals surface area contributed by atoms with E-state index in [0.717, 1.165) is 18.4 Å². The van der Waals surface area contributed by atoms with Crippen molar-refractivity contribution in [2.75, 3.05) is 20.2 Å². The summed E-state index contributed by atoms with van der Waals surface area (Å²) in [6.45, 7) is 4.72. The summed E-state index contributed by atoms with van der Waals surface area (Å²) in [7, 11) is 1.35. The predicted molar refractivity (Wildman–Crippen MR) is 98.1 cm³/mol. The average molecular weight is 360 g/mol. The molecule has 0 aromatic heterocycles. The highest BCUT2D eigenvalue weighted by molar-refractivity contribution is 5.82. The maximum atomic E-state index is 12.9. The molecule has 0 saturated carbocycles. The van der Waals surface area contributed by atoms with Crippen molar-refractivity contribution in [1.82, 2.24) is 10.2 Å².